The summed E-state index contributed by atoms with van der Waals surface area (Å²) in [5.41, 5.74) is 1.55. The number of benzene rings is 2. The summed E-state index contributed by atoms with van der Waals surface area (Å²) in [4.78, 5) is 30.6. The number of hydrogen-bond donors (Lipinski definition) is 1. The molecule has 1 amide bonds. The Labute approximate surface area is 173 Å². The van der Waals surface area contributed by atoms with E-state index in [9.17, 15) is 9.59 Å². The zero-order chi connectivity index (χ0) is 20.8. The third-order valence-electron chi connectivity index (χ3n) is 3.93. The Bertz CT molecular complexity index is 954. The fraction of sp³-hybridized carbons (Fsp3) is 0.227. The van der Waals surface area contributed by atoms with Gasteiger partial charge in [-0.15, -0.1) is 0 Å². The highest BCUT2D eigenvalue weighted by Gasteiger charge is 2.33. The van der Waals surface area contributed by atoms with Crippen molar-refractivity contribution in [1.29, 1.82) is 0 Å². The van der Waals surface area contributed by atoms with E-state index in [-0.39, 0.29) is 5.91 Å². The van der Waals surface area contributed by atoms with E-state index in [0.29, 0.717) is 28.3 Å². The molecular formula is C22H22N2O4S. The lowest BCUT2D eigenvalue weighted by Gasteiger charge is -2.17. The minimum atomic E-state index is -1.04. The maximum atomic E-state index is 13.0. The van der Waals surface area contributed by atoms with Crippen molar-refractivity contribution < 1.29 is 19.4 Å². The highest BCUT2D eigenvalue weighted by Crippen LogP contribution is 2.35. The number of hydrogen-bond acceptors (Lipinski definition) is 5. The molecule has 6 nitrogen and oxygen atoms in total. The average molecular weight is 410 g/mol. The number of para-hydroxylation sites is 1. The molecule has 0 atom stereocenters. The van der Waals surface area contributed by atoms with E-state index >= 15 is 0 Å². The Morgan fingerprint density at radius 1 is 1.21 bits per heavy atom. The lowest BCUT2D eigenvalue weighted by atomic mass is 10.2. The first kappa shape index (κ1) is 20.7. The standard InChI is InChI=1S/C22H22N2O4S/c1-15(2)13-24-21(27)19(29-22(24)23-17-8-4-3-5-9-17)12-16-7-6-10-18(11-16)28-14-20(25)26/h3-12,15H,13-14H2,1-2H3,(H,25,26)/b19-12+,23-22?. The van der Waals surface area contributed by atoms with Gasteiger partial charge in [-0.3, -0.25) is 9.69 Å². The largest absolute Gasteiger partial charge is 0.482 e. The first-order valence-corrected chi connectivity index (χ1v) is 10.0. The van der Waals surface area contributed by atoms with Crippen LogP contribution in [-0.4, -0.2) is 40.2 Å². The topological polar surface area (TPSA) is 79.2 Å². The van der Waals surface area contributed by atoms with Crippen LogP contribution in [0.15, 0.2) is 64.5 Å². The number of thioether (sulfide) groups is 1. The maximum absolute atomic E-state index is 13.0. The molecule has 0 bridgehead atoms. The van der Waals surface area contributed by atoms with Gasteiger partial charge in [0.25, 0.3) is 5.91 Å². The first-order chi connectivity index (χ1) is 13.9. The molecule has 0 aromatic heterocycles. The number of aliphatic imine (C=N–C) groups is 1. The molecule has 1 heterocycles. The number of ether oxygens (including phenoxy) is 1. The van der Waals surface area contributed by atoms with E-state index in [2.05, 4.69) is 18.8 Å². The molecule has 0 saturated carbocycles. The number of rotatable bonds is 7. The molecule has 1 aliphatic heterocycles. The average Bonchev–Trinajstić information content (AvgIpc) is 2.96. The highest BCUT2D eigenvalue weighted by atomic mass is 32.2. The van der Waals surface area contributed by atoms with Crippen molar-refractivity contribution in [2.24, 2.45) is 10.9 Å². The Morgan fingerprint density at radius 3 is 2.66 bits per heavy atom. The summed E-state index contributed by atoms with van der Waals surface area (Å²) in [6, 6.07) is 16.5. The summed E-state index contributed by atoms with van der Waals surface area (Å²) in [6.07, 6.45) is 1.78. The summed E-state index contributed by atoms with van der Waals surface area (Å²) in [6.45, 7) is 4.28. The lowest BCUT2D eigenvalue weighted by molar-refractivity contribution is -0.139. The van der Waals surface area contributed by atoms with Crippen LogP contribution < -0.4 is 4.74 Å². The van der Waals surface area contributed by atoms with Gasteiger partial charge in [0.05, 0.1) is 10.6 Å². The van der Waals surface area contributed by atoms with E-state index in [4.69, 9.17) is 9.84 Å². The van der Waals surface area contributed by atoms with E-state index in [0.717, 1.165) is 11.3 Å². The van der Waals surface area contributed by atoms with Crippen LogP contribution in [0.3, 0.4) is 0 Å². The van der Waals surface area contributed by atoms with E-state index in [1.165, 1.54) is 11.8 Å². The monoisotopic (exact) mass is 410 g/mol. The Morgan fingerprint density at radius 2 is 1.97 bits per heavy atom. The van der Waals surface area contributed by atoms with Crippen LogP contribution in [0.1, 0.15) is 19.4 Å². The fourth-order valence-corrected chi connectivity index (χ4v) is 3.73. The van der Waals surface area contributed by atoms with Gasteiger partial charge in [-0.1, -0.05) is 44.2 Å². The van der Waals surface area contributed by atoms with Gasteiger partial charge >= 0.3 is 5.97 Å². The van der Waals surface area contributed by atoms with E-state index in [1.807, 2.05) is 36.4 Å². The van der Waals surface area contributed by atoms with Crippen molar-refractivity contribution in [2.45, 2.75) is 13.8 Å². The van der Waals surface area contributed by atoms with Gasteiger partial charge in [0.1, 0.15) is 5.75 Å². The number of amidine groups is 1. The van der Waals surface area contributed by atoms with Crippen molar-refractivity contribution >= 4 is 40.6 Å². The molecule has 2 aromatic rings. The SMILES string of the molecule is CC(C)CN1C(=O)/C(=C\c2cccc(OCC(=O)O)c2)SC1=Nc1ccccc1. The molecular weight excluding hydrogens is 388 g/mol. The van der Waals surface area contributed by atoms with Crippen molar-refractivity contribution in [2.75, 3.05) is 13.2 Å². The summed E-state index contributed by atoms with van der Waals surface area (Å²) in [5, 5.41) is 9.41. The summed E-state index contributed by atoms with van der Waals surface area (Å²) in [5.74, 6) is -0.390. The molecule has 1 aliphatic rings. The van der Waals surface area contributed by atoms with Crippen molar-refractivity contribution in [3.05, 3.63) is 65.1 Å². The summed E-state index contributed by atoms with van der Waals surface area (Å²) in [7, 11) is 0. The van der Waals surface area contributed by atoms with E-state index < -0.39 is 12.6 Å². The number of carboxylic acid groups (broad SMARTS) is 1. The molecule has 0 aliphatic carbocycles. The number of aliphatic carboxylic acids is 1. The Balaban J connectivity index is 1.88. The van der Waals surface area contributed by atoms with Crippen LogP contribution in [0.2, 0.25) is 0 Å². The van der Waals surface area contributed by atoms with Crippen LogP contribution in [0.5, 0.6) is 5.75 Å². The maximum Gasteiger partial charge on any atom is 0.341 e. The van der Waals surface area contributed by atoms with Gasteiger partial charge in [0.15, 0.2) is 11.8 Å². The highest BCUT2D eigenvalue weighted by molar-refractivity contribution is 8.18. The van der Waals surface area contributed by atoms with Crippen molar-refractivity contribution in [1.82, 2.24) is 4.90 Å². The van der Waals surface area contributed by atoms with Gasteiger partial charge in [-0.05, 0) is 53.6 Å². The summed E-state index contributed by atoms with van der Waals surface area (Å²) >= 11 is 1.34. The second-order valence-corrected chi connectivity index (χ2v) is 7.91. The first-order valence-electron chi connectivity index (χ1n) is 9.22. The van der Waals surface area contributed by atoms with Crippen LogP contribution in [0.25, 0.3) is 6.08 Å². The number of amides is 1. The molecule has 0 radical (unpaired) electrons. The predicted molar refractivity (Wildman–Crippen MR) is 115 cm³/mol. The smallest absolute Gasteiger partial charge is 0.341 e. The Hall–Kier alpha value is -3.06. The molecule has 29 heavy (non-hydrogen) atoms. The molecule has 0 unspecified atom stereocenters. The van der Waals surface area contributed by atoms with Gasteiger partial charge in [-0.2, -0.15) is 0 Å². The van der Waals surface area contributed by atoms with Gasteiger partial charge in [-0.25, -0.2) is 9.79 Å². The summed E-state index contributed by atoms with van der Waals surface area (Å²) < 4.78 is 5.22. The number of carbonyl (C=O) groups excluding carboxylic acids is 1. The fourth-order valence-electron chi connectivity index (χ4n) is 2.72. The van der Waals surface area contributed by atoms with Crippen LogP contribution >= 0.6 is 11.8 Å². The Kier molecular flexibility index (Phi) is 6.72. The zero-order valence-electron chi connectivity index (χ0n) is 16.2. The van der Waals surface area contributed by atoms with Crippen LogP contribution in [-0.2, 0) is 9.59 Å². The van der Waals surface area contributed by atoms with Gasteiger partial charge in [0.2, 0.25) is 0 Å². The molecule has 1 fully saturated rings. The van der Waals surface area contributed by atoms with Gasteiger partial charge < -0.3 is 9.84 Å². The number of nitrogens with zero attached hydrogens (tertiary/aromatic N) is 2. The van der Waals surface area contributed by atoms with E-state index in [1.54, 1.807) is 29.2 Å². The molecule has 150 valence electrons. The quantitative estimate of drug-likeness (QED) is 0.684. The molecule has 7 heteroatoms. The normalized spacial score (nSPS) is 16.8. The molecule has 1 saturated heterocycles. The molecule has 3 rings (SSSR count). The zero-order valence-corrected chi connectivity index (χ0v) is 17.1. The van der Waals surface area contributed by atoms with Crippen molar-refractivity contribution in [3.63, 3.8) is 0 Å². The molecule has 1 N–H and O–H groups in total. The molecule has 0 spiro atoms. The van der Waals surface area contributed by atoms with Crippen LogP contribution in [0.4, 0.5) is 5.69 Å². The van der Waals surface area contributed by atoms with Crippen LogP contribution in [0, 0.1) is 5.92 Å². The number of carbonyl (C=O) groups is 2. The second kappa shape index (κ2) is 9.43. The second-order valence-electron chi connectivity index (χ2n) is 6.91. The molecule has 2 aromatic carbocycles. The third-order valence-corrected chi connectivity index (χ3v) is 4.94. The number of carboxylic acids is 1. The lowest BCUT2D eigenvalue weighted by Crippen LogP contribution is -2.32. The minimum absolute atomic E-state index is 0.0877. The predicted octanol–water partition coefficient (Wildman–Crippen LogP) is 4.41. The van der Waals surface area contributed by atoms with Gasteiger partial charge in [0, 0.05) is 6.54 Å². The third kappa shape index (κ3) is 5.71. The minimum Gasteiger partial charge on any atom is -0.482 e. The van der Waals surface area contributed by atoms with Crippen molar-refractivity contribution in [3.8, 4) is 5.75 Å².